The number of hydrogen-bond donors (Lipinski definition) is 2. The second-order valence-corrected chi connectivity index (χ2v) is 5.17. The van der Waals surface area contributed by atoms with Gasteiger partial charge in [0.25, 0.3) is 0 Å². The van der Waals surface area contributed by atoms with E-state index in [0.717, 1.165) is 29.9 Å². The zero-order valence-corrected chi connectivity index (χ0v) is 12.5. The number of nitrogens with zero attached hydrogens (tertiary/aromatic N) is 2. The van der Waals surface area contributed by atoms with Gasteiger partial charge in [0.2, 0.25) is 0 Å². The van der Waals surface area contributed by atoms with Gasteiger partial charge in [0, 0.05) is 19.7 Å². The van der Waals surface area contributed by atoms with E-state index in [1.165, 1.54) is 19.3 Å². The number of hydrogen-bond acceptors (Lipinski definition) is 3. The highest BCUT2D eigenvalue weighted by Gasteiger charge is 2.02. The van der Waals surface area contributed by atoms with Crippen molar-refractivity contribution < 1.29 is 4.52 Å². The summed E-state index contributed by atoms with van der Waals surface area (Å²) in [6, 6.07) is 1.92. The van der Waals surface area contributed by atoms with E-state index in [0.29, 0.717) is 6.54 Å². The standard InChI is InChI=1S/C14H26N4O/c1-11(2)7-5-6-8-16-14(15-4)17-10-13-9-12(3)19-18-13/h9,11H,5-8,10H2,1-4H3,(H2,15,16,17). The van der Waals surface area contributed by atoms with Crippen molar-refractivity contribution in [2.45, 2.75) is 46.6 Å². The molecule has 1 heterocycles. The maximum Gasteiger partial charge on any atom is 0.191 e. The van der Waals surface area contributed by atoms with Crippen LogP contribution in [-0.2, 0) is 6.54 Å². The van der Waals surface area contributed by atoms with Crippen molar-refractivity contribution in [3.8, 4) is 0 Å². The quantitative estimate of drug-likeness (QED) is 0.452. The minimum Gasteiger partial charge on any atom is -0.361 e. The van der Waals surface area contributed by atoms with Crippen LogP contribution in [0, 0.1) is 12.8 Å². The van der Waals surface area contributed by atoms with E-state index in [1.54, 1.807) is 7.05 Å². The summed E-state index contributed by atoms with van der Waals surface area (Å²) in [5, 5.41) is 10.4. The number of aliphatic imine (C=N–C) groups is 1. The molecule has 0 fully saturated rings. The Morgan fingerprint density at radius 2 is 2.16 bits per heavy atom. The minimum atomic E-state index is 0.628. The van der Waals surface area contributed by atoms with Crippen LogP contribution in [0.4, 0.5) is 0 Å². The summed E-state index contributed by atoms with van der Waals surface area (Å²) in [5.74, 6) is 2.42. The molecule has 0 bridgehead atoms. The van der Waals surface area contributed by atoms with Crippen LogP contribution in [-0.4, -0.2) is 24.7 Å². The first-order valence-electron chi connectivity index (χ1n) is 6.98. The van der Waals surface area contributed by atoms with Gasteiger partial charge in [-0.05, 0) is 19.3 Å². The number of unbranched alkanes of at least 4 members (excludes halogenated alkanes) is 1. The highest BCUT2D eigenvalue weighted by atomic mass is 16.5. The number of guanidine groups is 1. The van der Waals surface area contributed by atoms with Crippen molar-refractivity contribution in [1.29, 1.82) is 0 Å². The zero-order chi connectivity index (χ0) is 14.1. The van der Waals surface area contributed by atoms with Crippen LogP contribution < -0.4 is 10.6 Å². The predicted molar refractivity (Wildman–Crippen MR) is 78.1 cm³/mol. The van der Waals surface area contributed by atoms with Gasteiger partial charge >= 0.3 is 0 Å². The van der Waals surface area contributed by atoms with E-state index < -0.39 is 0 Å². The second kappa shape index (κ2) is 8.56. The lowest BCUT2D eigenvalue weighted by atomic mass is 10.1. The molecule has 108 valence electrons. The Hall–Kier alpha value is -1.52. The maximum absolute atomic E-state index is 5.02. The topological polar surface area (TPSA) is 62.5 Å². The largest absolute Gasteiger partial charge is 0.361 e. The first kappa shape index (κ1) is 15.5. The van der Waals surface area contributed by atoms with Crippen molar-refractivity contribution in [3.05, 3.63) is 17.5 Å². The van der Waals surface area contributed by atoms with E-state index in [-0.39, 0.29) is 0 Å². The van der Waals surface area contributed by atoms with Crippen LogP contribution in [0.3, 0.4) is 0 Å². The van der Waals surface area contributed by atoms with Gasteiger partial charge in [0.1, 0.15) is 11.5 Å². The fourth-order valence-electron chi connectivity index (χ4n) is 1.78. The molecule has 0 spiro atoms. The number of nitrogens with one attached hydrogen (secondary N) is 2. The third-order valence-corrected chi connectivity index (χ3v) is 2.84. The molecule has 0 atom stereocenters. The fourth-order valence-corrected chi connectivity index (χ4v) is 1.78. The summed E-state index contributed by atoms with van der Waals surface area (Å²) in [7, 11) is 1.78. The molecule has 1 rings (SSSR count). The number of rotatable bonds is 7. The molecule has 5 nitrogen and oxygen atoms in total. The number of aromatic nitrogens is 1. The second-order valence-electron chi connectivity index (χ2n) is 5.17. The van der Waals surface area contributed by atoms with E-state index >= 15 is 0 Å². The molecule has 1 aromatic heterocycles. The molecule has 2 N–H and O–H groups in total. The van der Waals surface area contributed by atoms with E-state index in [2.05, 4.69) is 34.6 Å². The molecule has 5 heteroatoms. The van der Waals surface area contributed by atoms with Crippen molar-refractivity contribution in [3.63, 3.8) is 0 Å². The molecular weight excluding hydrogens is 240 g/mol. The Morgan fingerprint density at radius 1 is 1.37 bits per heavy atom. The molecule has 0 aliphatic heterocycles. The SMILES string of the molecule is CN=C(NCCCCC(C)C)NCc1cc(C)on1. The van der Waals surface area contributed by atoms with Gasteiger partial charge in [-0.15, -0.1) is 0 Å². The zero-order valence-electron chi connectivity index (χ0n) is 12.5. The molecule has 0 saturated heterocycles. The van der Waals surface area contributed by atoms with Gasteiger partial charge in [-0.1, -0.05) is 31.8 Å². The highest BCUT2D eigenvalue weighted by Crippen LogP contribution is 2.05. The number of aryl methyl sites for hydroxylation is 1. The summed E-state index contributed by atoms with van der Waals surface area (Å²) in [6.07, 6.45) is 3.71. The molecule has 0 saturated carbocycles. The van der Waals surface area contributed by atoms with Gasteiger partial charge in [-0.2, -0.15) is 0 Å². The summed E-state index contributed by atoms with van der Waals surface area (Å²) in [4.78, 5) is 4.18. The lowest BCUT2D eigenvalue weighted by Crippen LogP contribution is -2.37. The smallest absolute Gasteiger partial charge is 0.191 e. The lowest BCUT2D eigenvalue weighted by Gasteiger charge is -2.11. The third kappa shape index (κ3) is 6.84. The molecule has 19 heavy (non-hydrogen) atoms. The van der Waals surface area contributed by atoms with Gasteiger partial charge in [-0.25, -0.2) is 0 Å². The molecule has 0 aliphatic rings. The van der Waals surface area contributed by atoms with Crippen LogP contribution in [0.5, 0.6) is 0 Å². The molecule has 0 aromatic carbocycles. The van der Waals surface area contributed by atoms with Crippen LogP contribution >= 0.6 is 0 Å². The average molecular weight is 266 g/mol. The molecule has 0 unspecified atom stereocenters. The summed E-state index contributed by atoms with van der Waals surface area (Å²) in [5.41, 5.74) is 0.889. The van der Waals surface area contributed by atoms with Crippen LogP contribution in [0.1, 0.15) is 44.6 Å². The van der Waals surface area contributed by atoms with Crippen molar-refractivity contribution in [1.82, 2.24) is 15.8 Å². The Labute approximate surface area is 115 Å². The molecule has 0 radical (unpaired) electrons. The third-order valence-electron chi connectivity index (χ3n) is 2.84. The van der Waals surface area contributed by atoms with Crippen LogP contribution in [0.25, 0.3) is 0 Å². The summed E-state index contributed by atoms with van der Waals surface area (Å²) in [6.45, 7) is 7.98. The van der Waals surface area contributed by atoms with Crippen molar-refractivity contribution in [2.75, 3.05) is 13.6 Å². The highest BCUT2D eigenvalue weighted by molar-refractivity contribution is 5.79. The maximum atomic E-state index is 5.02. The first-order chi connectivity index (χ1) is 9.11. The Morgan fingerprint density at radius 3 is 2.74 bits per heavy atom. The summed E-state index contributed by atoms with van der Waals surface area (Å²) < 4.78 is 5.02. The van der Waals surface area contributed by atoms with E-state index in [9.17, 15) is 0 Å². The Bertz CT molecular complexity index is 385. The van der Waals surface area contributed by atoms with E-state index in [1.807, 2.05) is 13.0 Å². The Kier molecular flexibility index (Phi) is 7.00. The van der Waals surface area contributed by atoms with Gasteiger partial charge < -0.3 is 15.2 Å². The van der Waals surface area contributed by atoms with Crippen molar-refractivity contribution >= 4 is 5.96 Å². The summed E-state index contributed by atoms with van der Waals surface area (Å²) >= 11 is 0. The van der Waals surface area contributed by atoms with Gasteiger partial charge in [0.05, 0.1) is 6.54 Å². The molecule has 1 aromatic rings. The fraction of sp³-hybridized carbons (Fsp3) is 0.714. The van der Waals surface area contributed by atoms with Gasteiger partial charge in [0.15, 0.2) is 5.96 Å². The lowest BCUT2D eigenvalue weighted by molar-refractivity contribution is 0.390. The normalized spacial score (nSPS) is 11.9. The Balaban J connectivity index is 2.16. The van der Waals surface area contributed by atoms with E-state index in [4.69, 9.17) is 4.52 Å². The monoisotopic (exact) mass is 266 g/mol. The molecular formula is C14H26N4O. The van der Waals surface area contributed by atoms with Crippen molar-refractivity contribution in [2.24, 2.45) is 10.9 Å². The minimum absolute atomic E-state index is 0.628. The average Bonchev–Trinajstić information content (AvgIpc) is 2.78. The van der Waals surface area contributed by atoms with Crippen LogP contribution in [0.2, 0.25) is 0 Å². The van der Waals surface area contributed by atoms with Crippen LogP contribution in [0.15, 0.2) is 15.6 Å². The molecule has 0 aliphatic carbocycles. The molecule has 0 amide bonds. The van der Waals surface area contributed by atoms with Gasteiger partial charge in [-0.3, -0.25) is 4.99 Å². The first-order valence-corrected chi connectivity index (χ1v) is 6.98. The predicted octanol–water partition coefficient (Wildman–Crippen LogP) is 2.47.